The van der Waals surface area contributed by atoms with E-state index >= 15 is 0 Å². The molecule has 1 aromatic carbocycles. The lowest BCUT2D eigenvalue weighted by atomic mass is 10.1. The predicted molar refractivity (Wildman–Crippen MR) is 118 cm³/mol. The van der Waals surface area contributed by atoms with E-state index in [0.29, 0.717) is 17.7 Å². The van der Waals surface area contributed by atoms with E-state index in [9.17, 15) is 14.0 Å². The molecule has 0 saturated carbocycles. The summed E-state index contributed by atoms with van der Waals surface area (Å²) >= 11 is 0. The van der Waals surface area contributed by atoms with Crippen molar-refractivity contribution in [2.45, 2.75) is 26.4 Å². The summed E-state index contributed by atoms with van der Waals surface area (Å²) in [6.07, 6.45) is 2.77. The number of aliphatic imine (C=N–C) groups is 1. The normalized spacial score (nSPS) is 18.0. The average molecular weight is 424 g/mol. The van der Waals surface area contributed by atoms with Gasteiger partial charge in [0.05, 0.1) is 7.11 Å². The first kappa shape index (κ1) is 23.4. The monoisotopic (exact) mass is 424 g/mol. The van der Waals surface area contributed by atoms with Crippen LogP contribution in [0, 0.1) is 11.8 Å². The quantitative estimate of drug-likeness (QED) is 0.575. The van der Waals surface area contributed by atoms with Crippen molar-refractivity contribution in [2.75, 3.05) is 14.2 Å². The second-order valence-electron chi connectivity index (χ2n) is 6.74. The van der Waals surface area contributed by atoms with Gasteiger partial charge in [0, 0.05) is 24.7 Å². The van der Waals surface area contributed by atoms with E-state index in [1.165, 1.54) is 12.2 Å². The number of amides is 2. The van der Waals surface area contributed by atoms with Crippen LogP contribution in [-0.4, -0.2) is 42.9 Å². The van der Waals surface area contributed by atoms with Gasteiger partial charge in [0.25, 0.3) is 11.8 Å². The van der Waals surface area contributed by atoms with Gasteiger partial charge in [-0.15, -0.1) is 0 Å². The van der Waals surface area contributed by atoms with Crippen LogP contribution in [0.15, 0.2) is 58.9 Å². The number of nitrogens with one attached hydrogen (secondary N) is 1. The number of nitrogens with two attached hydrogens (primary N) is 1. The number of hydrogen-bond donors (Lipinski definition) is 2. The number of carbonyl (C=O) groups is 2. The van der Waals surface area contributed by atoms with Crippen LogP contribution in [0.4, 0.5) is 4.39 Å². The number of fused-ring (bicyclic) bond motifs is 1. The molecule has 2 aliphatic rings. The van der Waals surface area contributed by atoms with Crippen molar-refractivity contribution < 1.29 is 18.7 Å². The molecule has 31 heavy (non-hydrogen) atoms. The number of hydrogen-bond acceptors (Lipinski definition) is 5. The summed E-state index contributed by atoms with van der Waals surface area (Å²) in [4.78, 5) is 28.3. The van der Waals surface area contributed by atoms with Crippen LogP contribution >= 0.6 is 0 Å². The van der Waals surface area contributed by atoms with E-state index in [2.05, 4.69) is 28.7 Å². The molecule has 0 aromatic heterocycles. The van der Waals surface area contributed by atoms with Crippen LogP contribution in [0.25, 0.3) is 0 Å². The van der Waals surface area contributed by atoms with Gasteiger partial charge in [0.2, 0.25) is 0 Å². The molecule has 2 heterocycles. The molecule has 3 rings (SSSR count). The van der Waals surface area contributed by atoms with Crippen LogP contribution in [0.5, 0.6) is 5.75 Å². The van der Waals surface area contributed by atoms with Gasteiger partial charge in [-0.05, 0) is 37.1 Å². The summed E-state index contributed by atoms with van der Waals surface area (Å²) in [6, 6.07) is 4.77. The van der Waals surface area contributed by atoms with Gasteiger partial charge in [0.15, 0.2) is 12.0 Å². The molecule has 162 valence electrons. The molecule has 1 aromatic rings. The first-order chi connectivity index (χ1) is 14.7. The number of rotatable bonds is 3. The molecule has 8 heteroatoms. The first-order valence-electron chi connectivity index (χ1n) is 9.45. The average Bonchev–Trinajstić information content (AvgIpc) is 3.24. The highest BCUT2D eigenvalue weighted by Crippen LogP contribution is 2.25. The van der Waals surface area contributed by atoms with Crippen LogP contribution in [0.3, 0.4) is 0 Å². The van der Waals surface area contributed by atoms with Gasteiger partial charge < -0.3 is 15.4 Å². The highest BCUT2D eigenvalue weighted by atomic mass is 19.1. The lowest BCUT2D eigenvalue weighted by molar-refractivity contribution is -0.119. The zero-order chi connectivity index (χ0) is 23.1. The van der Waals surface area contributed by atoms with Gasteiger partial charge in [-0.2, -0.15) is 0 Å². The molecule has 7 nitrogen and oxygen atoms in total. The Morgan fingerprint density at radius 3 is 2.71 bits per heavy atom. The maximum Gasteiger partial charge on any atom is 0.264 e. The topological polar surface area (TPSA) is 97.0 Å². The summed E-state index contributed by atoms with van der Waals surface area (Å²) in [5.41, 5.74) is 7.96. The molecule has 0 bridgehead atoms. The molecule has 1 unspecified atom stereocenters. The molecule has 0 spiro atoms. The second-order valence-corrected chi connectivity index (χ2v) is 6.74. The largest absolute Gasteiger partial charge is 0.497 e. The van der Waals surface area contributed by atoms with E-state index in [-0.39, 0.29) is 23.6 Å². The smallest absolute Gasteiger partial charge is 0.264 e. The molecule has 0 saturated heterocycles. The summed E-state index contributed by atoms with van der Waals surface area (Å²) in [7, 11) is 3.40. The maximum absolute atomic E-state index is 13.4. The molecule has 2 amide bonds. The Hall–Kier alpha value is -3.86. The minimum Gasteiger partial charge on any atom is -0.497 e. The van der Waals surface area contributed by atoms with Crippen LogP contribution in [-0.2, 0) is 11.3 Å². The van der Waals surface area contributed by atoms with Crippen molar-refractivity contribution in [3.8, 4) is 17.6 Å². The number of allylic oxidation sites excluding steroid dienone is 5. The summed E-state index contributed by atoms with van der Waals surface area (Å²) in [6.45, 7) is 7.45. The van der Waals surface area contributed by atoms with Crippen molar-refractivity contribution in [1.82, 2.24) is 10.2 Å². The van der Waals surface area contributed by atoms with Gasteiger partial charge in [-0.3, -0.25) is 14.9 Å². The molecule has 1 atom stereocenters. The van der Waals surface area contributed by atoms with E-state index in [1.807, 2.05) is 12.1 Å². The van der Waals surface area contributed by atoms with Gasteiger partial charge >= 0.3 is 0 Å². The molecule has 0 aliphatic carbocycles. The van der Waals surface area contributed by atoms with Gasteiger partial charge in [-0.1, -0.05) is 36.6 Å². The van der Waals surface area contributed by atoms with Crippen molar-refractivity contribution >= 4 is 17.8 Å². The van der Waals surface area contributed by atoms with E-state index in [1.54, 1.807) is 39.0 Å². The second kappa shape index (κ2) is 10.3. The van der Waals surface area contributed by atoms with E-state index in [0.717, 1.165) is 16.9 Å². The Balaban J connectivity index is 0.000000231. The zero-order valence-electron chi connectivity index (χ0n) is 18.0. The molecule has 0 radical (unpaired) electrons. The third-order valence-electron chi connectivity index (χ3n) is 4.63. The highest BCUT2D eigenvalue weighted by Gasteiger charge is 2.24. The Bertz CT molecular complexity index is 1060. The Morgan fingerprint density at radius 2 is 2.16 bits per heavy atom. The van der Waals surface area contributed by atoms with Crippen molar-refractivity contribution in [2.24, 2.45) is 10.7 Å². The van der Waals surface area contributed by atoms with E-state index < -0.39 is 6.04 Å². The summed E-state index contributed by atoms with van der Waals surface area (Å²) in [5.74, 6) is 5.40. The van der Waals surface area contributed by atoms with E-state index in [4.69, 9.17) is 10.5 Å². The van der Waals surface area contributed by atoms with Crippen molar-refractivity contribution in [3.63, 3.8) is 0 Å². The van der Waals surface area contributed by atoms with Crippen molar-refractivity contribution in [3.05, 3.63) is 65.0 Å². The molecular formula is C23H25FN4O3. The third kappa shape index (κ3) is 5.60. The maximum atomic E-state index is 13.4. The standard InChI is InChI=1S/C13H14FN3O.C10H11NO2/c1-4-9(8(3)10(14)5-2)6-7-11-12(18)17-13(15)16-11;1-11-6-7-3-4-8(13-2)5-9(7)10(11)12/h4-5,11H,1H2,2-3H3,(H3,15,16,17,18);3-5H,6H2,1-2H3/b9-8+,10-5+;. The van der Waals surface area contributed by atoms with Gasteiger partial charge in [0.1, 0.15) is 11.6 Å². The number of methoxy groups -OCH3 is 1. The zero-order valence-corrected chi connectivity index (χ0v) is 18.0. The summed E-state index contributed by atoms with van der Waals surface area (Å²) < 4.78 is 18.4. The minimum absolute atomic E-state index is 0.0415. The first-order valence-corrected chi connectivity index (χ1v) is 9.45. The number of guanidine groups is 1. The fraction of sp³-hybridized carbons (Fsp3) is 0.261. The van der Waals surface area contributed by atoms with Crippen LogP contribution < -0.4 is 15.8 Å². The molecule has 0 fully saturated rings. The highest BCUT2D eigenvalue weighted by molar-refractivity contribution is 6.05. The Morgan fingerprint density at radius 1 is 1.45 bits per heavy atom. The number of benzene rings is 1. The number of nitrogens with zero attached hydrogens (tertiary/aromatic N) is 2. The fourth-order valence-electron chi connectivity index (χ4n) is 2.86. The third-order valence-corrected chi connectivity index (χ3v) is 4.63. The van der Waals surface area contributed by atoms with Gasteiger partial charge in [-0.25, -0.2) is 9.38 Å². The molecular weight excluding hydrogens is 399 g/mol. The predicted octanol–water partition coefficient (Wildman–Crippen LogP) is 2.46. The molecule has 3 N–H and O–H groups in total. The number of halogens is 1. The lowest BCUT2D eigenvalue weighted by Gasteiger charge is -2.04. The minimum atomic E-state index is -0.846. The van der Waals surface area contributed by atoms with Crippen LogP contribution in [0.2, 0.25) is 0 Å². The van der Waals surface area contributed by atoms with Crippen molar-refractivity contribution in [1.29, 1.82) is 0 Å². The SMILES string of the molecule is C=C/C(C#CC1N=C(N)NC1=O)=C(C)\C(F)=C/C.COc1ccc2c(c1)C(=O)N(C)C2. The number of ether oxygens (including phenoxy) is 1. The lowest BCUT2D eigenvalue weighted by Crippen LogP contribution is -2.32. The molecule has 2 aliphatic heterocycles. The summed E-state index contributed by atoms with van der Waals surface area (Å²) in [5, 5.41) is 2.33. The van der Waals surface area contributed by atoms with Crippen LogP contribution in [0.1, 0.15) is 29.8 Å². The number of carbonyl (C=O) groups excluding carboxylic acids is 2. The Labute approximate surface area is 181 Å². The Kier molecular flexibility index (Phi) is 7.75. The fourth-order valence-corrected chi connectivity index (χ4v) is 2.86.